The molecule has 36 heavy (non-hydrogen) atoms. The Kier molecular flexibility index (Phi) is 7.01. The molecule has 3 aliphatic rings. The number of piperidine rings is 3. The quantitative estimate of drug-likeness (QED) is 0.371. The van der Waals surface area contributed by atoms with Crippen LogP contribution < -0.4 is 4.90 Å². The molecule has 3 heterocycles. The van der Waals surface area contributed by atoms with Gasteiger partial charge in [0.05, 0.1) is 31.9 Å². The van der Waals surface area contributed by atoms with Crippen molar-refractivity contribution in [1.82, 2.24) is 0 Å². The molecule has 188 valence electrons. The van der Waals surface area contributed by atoms with Gasteiger partial charge in [0, 0.05) is 25.2 Å². The fraction of sp³-hybridized carbons (Fsp3) is 0.345. The van der Waals surface area contributed by atoms with Crippen LogP contribution in [-0.2, 0) is 17.7 Å². The molecule has 0 radical (unpaired) electrons. The molecule has 3 saturated heterocycles. The normalized spacial score (nSPS) is 22.9. The third-order valence-electron chi connectivity index (χ3n) is 7.70. The largest absolute Gasteiger partial charge is 0.440 e. The summed E-state index contributed by atoms with van der Waals surface area (Å²) in [6.07, 6.45) is 1.92. The van der Waals surface area contributed by atoms with Crippen LogP contribution in [-0.4, -0.2) is 42.9 Å². The summed E-state index contributed by atoms with van der Waals surface area (Å²) in [7, 11) is 0. The van der Waals surface area contributed by atoms with Crippen molar-refractivity contribution in [1.29, 1.82) is 0 Å². The number of nitrogens with zero attached hydrogens (tertiary/aromatic N) is 2. The Labute approximate surface area is 209 Å². The summed E-state index contributed by atoms with van der Waals surface area (Å²) in [5, 5.41) is 0. The van der Waals surface area contributed by atoms with E-state index in [1.165, 1.54) is 35.2 Å². The first kappa shape index (κ1) is 24.4. The minimum atomic E-state index is -0.597. The van der Waals surface area contributed by atoms with Gasteiger partial charge < -0.3 is 9.22 Å². The van der Waals surface area contributed by atoms with Gasteiger partial charge in [-0.15, -0.1) is 0 Å². The predicted octanol–water partition coefficient (Wildman–Crippen LogP) is 6.10. The molecule has 0 N–H and O–H groups in total. The van der Waals surface area contributed by atoms with E-state index in [4.69, 9.17) is 4.74 Å². The third-order valence-corrected chi connectivity index (χ3v) is 7.70. The van der Waals surface area contributed by atoms with Crippen molar-refractivity contribution in [2.75, 3.05) is 31.1 Å². The highest BCUT2D eigenvalue weighted by molar-refractivity contribution is 5.87. The van der Waals surface area contributed by atoms with Gasteiger partial charge in [-0.3, -0.25) is 4.90 Å². The van der Waals surface area contributed by atoms with Gasteiger partial charge in [-0.2, -0.15) is 0 Å². The molecule has 2 bridgehead atoms. The number of anilines is 1. The van der Waals surface area contributed by atoms with Gasteiger partial charge in [-0.05, 0) is 47.5 Å². The molecule has 4 nitrogen and oxygen atoms in total. The number of hydrogen-bond donors (Lipinski definition) is 0. The SMILES string of the molecule is O=C(OC1C[N+]2(CCc3ccc(F)cc3)CCC1CC2)N(Cc1ccc(F)cc1)c1ccccc1F. The number of carbonyl (C=O) groups excluding carboxylic acids is 1. The summed E-state index contributed by atoms with van der Waals surface area (Å²) in [6.45, 7) is 3.76. The van der Waals surface area contributed by atoms with E-state index in [1.54, 1.807) is 30.3 Å². The molecule has 1 atom stereocenters. The molecule has 0 aliphatic carbocycles. The van der Waals surface area contributed by atoms with Crippen molar-refractivity contribution in [3.8, 4) is 0 Å². The number of halogens is 3. The van der Waals surface area contributed by atoms with Gasteiger partial charge in [-0.25, -0.2) is 18.0 Å². The second-order valence-corrected chi connectivity index (χ2v) is 10.00. The second kappa shape index (κ2) is 10.3. The summed E-state index contributed by atoms with van der Waals surface area (Å²) in [4.78, 5) is 14.7. The van der Waals surface area contributed by atoms with Crippen molar-refractivity contribution < 1.29 is 27.2 Å². The standard InChI is InChI=1S/C29H30F3N2O2/c30-24-9-5-21(6-10-24)13-16-34-17-14-23(15-18-34)28(20-34)36-29(35)33(27-4-2-1-3-26(27)32)19-22-7-11-25(31)12-8-22/h1-12,23,28H,13-20H2/q+1. The maximum absolute atomic E-state index is 14.7. The Balaban J connectivity index is 1.30. The maximum atomic E-state index is 14.7. The number of carbonyl (C=O) groups is 1. The van der Waals surface area contributed by atoms with Crippen LogP contribution >= 0.6 is 0 Å². The highest BCUT2D eigenvalue weighted by Crippen LogP contribution is 2.36. The first-order chi connectivity index (χ1) is 17.4. The van der Waals surface area contributed by atoms with E-state index in [2.05, 4.69) is 0 Å². The van der Waals surface area contributed by atoms with Gasteiger partial charge in [0.1, 0.15) is 24.0 Å². The Morgan fingerprint density at radius 3 is 2.11 bits per heavy atom. The summed E-state index contributed by atoms with van der Waals surface area (Å²) < 4.78 is 48.3. The molecule has 3 fully saturated rings. The predicted molar refractivity (Wildman–Crippen MR) is 132 cm³/mol. The van der Waals surface area contributed by atoms with Crippen molar-refractivity contribution in [3.05, 3.63) is 101 Å². The van der Waals surface area contributed by atoms with Crippen molar-refractivity contribution >= 4 is 11.8 Å². The number of para-hydroxylation sites is 1. The fourth-order valence-corrected chi connectivity index (χ4v) is 5.57. The van der Waals surface area contributed by atoms with Gasteiger partial charge in [0.15, 0.2) is 6.10 Å². The second-order valence-electron chi connectivity index (χ2n) is 10.00. The van der Waals surface area contributed by atoms with E-state index >= 15 is 0 Å². The fourth-order valence-electron chi connectivity index (χ4n) is 5.57. The van der Waals surface area contributed by atoms with Gasteiger partial charge in [0.2, 0.25) is 0 Å². The molecule has 6 rings (SSSR count). The van der Waals surface area contributed by atoms with Crippen LogP contribution in [0.4, 0.5) is 23.7 Å². The van der Waals surface area contributed by atoms with Crippen molar-refractivity contribution in [2.24, 2.45) is 5.92 Å². The topological polar surface area (TPSA) is 29.5 Å². The molecule has 1 amide bonds. The van der Waals surface area contributed by atoms with Crippen LogP contribution in [0.3, 0.4) is 0 Å². The number of hydrogen-bond acceptors (Lipinski definition) is 2. The summed E-state index contributed by atoms with van der Waals surface area (Å²) >= 11 is 0. The summed E-state index contributed by atoms with van der Waals surface area (Å²) in [5.41, 5.74) is 1.90. The first-order valence-corrected chi connectivity index (χ1v) is 12.5. The van der Waals surface area contributed by atoms with Crippen LogP contribution in [0.15, 0.2) is 72.8 Å². The van der Waals surface area contributed by atoms with E-state index in [9.17, 15) is 18.0 Å². The maximum Gasteiger partial charge on any atom is 0.415 e. The minimum absolute atomic E-state index is 0.0714. The number of ether oxygens (including phenoxy) is 1. The van der Waals surface area contributed by atoms with E-state index in [0.29, 0.717) is 5.56 Å². The highest BCUT2D eigenvalue weighted by atomic mass is 19.1. The van der Waals surface area contributed by atoms with Crippen LogP contribution in [0.1, 0.15) is 24.0 Å². The number of fused-ring (bicyclic) bond motifs is 3. The number of amides is 1. The number of benzene rings is 3. The zero-order chi connectivity index (χ0) is 25.1. The third kappa shape index (κ3) is 5.41. The lowest BCUT2D eigenvalue weighted by atomic mass is 9.83. The zero-order valence-corrected chi connectivity index (χ0v) is 20.1. The first-order valence-electron chi connectivity index (χ1n) is 12.5. The lowest BCUT2D eigenvalue weighted by molar-refractivity contribution is -0.945. The zero-order valence-electron chi connectivity index (χ0n) is 20.1. The molecule has 0 aromatic heterocycles. The molecule has 7 heteroatoms. The monoisotopic (exact) mass is 495 g/mol. The van der Waals surface area contributed by atoms with Gasteiger partial charge in [-0.1, -0.05) is 36.4 Å². The molecule has 0 spiro atoms. The van der Waals surface area contributed by atoms with E-state index in [1.807, 2.05) is 12.1 Å². The molecule has 1 unspecified atom stereocenters. The minimum Gasteiger partial charge on any atom is -0.440 e. The number of quaternary nitrogens is 1. The highest BCUT2D eigenvalue weighted by Gasteiger charge is 2.47. The molecular weight excluding hydrogens is 465 g/mol. The molecule has 3 aliphatic heterocycles. The van der Waals surface area contributed by atoms with Crippen molar-refractivity contribution in [3.63, 3.8) is 0 Å². The van der Waals surface area contributed by atoms with E-state index < -0.39 is 11.9 Å². The average molecular weight is 496 g/mol. The van der Waals surface area contributed by atoms with Crippen LogP contribution in [0.5, 0.6) is 0 Å². The lowest BCUT2D eigenvalue weighted by Crippen LogP contribution is -2.65. The Hall–Kier alpha value is -3.32. The van der Waals surface area contributed by atoms with Crippen LogP contribution in [0.2, 0.25) is 0 Å². The Bertz CT molecular complexity index is 1190. The molecule has 0 saturated carbocycles. The molecule has 3 aromatic carbocycles. The Morgan fingerprint density at radius 2 is 1.47 bits per heavy atom. The lowest BCUT2D eigenvalue weighted by Gasteiger charge is -2.52. The van der Waals surface area contributed by atoms with Crippen LogP contribution in [0.25, 0.3) is 0 Å². The van der Waals surface area contributed by atoms with Gasteiger partial charge >= 0.3 is 6.09 Å². The molecular formula is C29H30F3N2O2+. The smallest absolute Gasteiger partial charge is 0.415 e. The number of rotatable bonds is 7. The summed E-state index contributed by atoms with van der Waals surface area (Å²) in [6, 6.07) is 18.5. The van der Waals surface area contributed by atoms with E-state index in [0.717, 1.165) is 55.5 Å². The van der Waals surface area contributed by atoms with Crippen LogP contribution in [0, 0.1) is 23.4 Å². The molecule has 3 aromatic rings. The Morgan fingerprint density at radius 1 is 0.861 bits per heavy atom. The average Bonchev–Trinajstić information content (AvgIpc) is 2.89. The summed E-state index contributed by atoms with van der Waals surface area (Å²) in [5.74, 6) is -0.848. The van der Waals surface area contributed by atoms with E-state index in [-0.39, 0.29) is 35.9 Å². The van der Waals surface area contributed by atoms with Gasteiger partial charge in [0.25, 0.3) is 0 Å². The van der Waals surface area contributed by atoms with Crippen molar-refractivity contribution in [2.45, 2.75) is 31.9 Å².